The molecule has 0 fully saturated rings. The minimum absolute atomic E-state index is 0.381. The Balaban J connectivity index is 1.59. The van der Waals surface area contributed by atoms with Crippen LogP contribution in [0, 0.1) is 0 Å². The summed E-state index contributed by atoms with van der Waals surface area (Å²) in [5.41, 5.74) is 6.25. The van der Waals surface area contributed by atoms with Crippen LogP contribution in [0.25, 0.3) is 24.3 Å². The quantitative estimate of drug-likeness (QED) is 0.185. The first kappa shape index (κ1) is 21.1. The van der Waals surface area contributed by atoms with E-state index in [1.807, 2.05) is 18.2 Å². The predicted octanol–water partition coefficient (Wildman–Crippen LogP) is 7.07. The lowest BCUT2D eigenvalue weighted by atomic mass is 10.1. The summed E-state index contributed by atoms with van der Waals surface area (Å²) in [4.78, 5) is 11.5. The molecule has 0 unspecified atom stereocenters. The van der Waals surface area contributed by atoms with Crippen molar-refractivity contribution >= 4 is 30.3 Å². The van der Waals surface area contributed by atoms with E-state index in [1.54, 1.807) is 19.1 Å². The van der Waals surface area contributed by atoms with Crippen molar-refractivity contribution in [1.29, 1.82) is 0 Å². The third-order valence-corrected chi connectivity index (χ3v) is 4.70. The Hall–Kier alpha value is -3.65. The molecule has 0 amide bonds. The summed E-state index contributed by atoms with van der Waals surface area (Å²) >= 11 is 0. The van der Waals surface area contributed by atoms with Gasteiger partial charge >= 0.3 is 5.97 Å². The summed E-state index contributed by atoms with van der Waals surface area (Å²) in [5.74, 6) is 0.103. The third-order valence-electron chi connectivity index (χ3n) is 4.70. The van der Waals surface area contributed by atoms with E-state index < -0.39 is 5.97 Å². The largest absolute Gasteiger partial charge is 0.423 e. The maximum atomic E-state index is 11.5. The lowest BCUT2D eigenvalue weighted by molar-refractivity contribution is -0.130. The second-order valence-corrected chi connectivity index (χ2v) is 7.17. The van der Waals surface area contributed by atoms with Crippen LogP contribution in [-0.4, -0.2) is 5.97 Å². The molecule has 3 aromatic rings. The van der Waals surface area contributed by atoms with Gasteiger partial charge < -0.3 is 4.74 Å². The number of carbonyl (C=O) groups excluding carboxylic acids is 1. The van der Waals surface area contributed by atoms with E-state index >= 15 is 0 Å². The highest BCUT2D eigenvalue weighted by molar-refractivity contribution is 5.88. The lowest BCUT2D eigenvalue weighted by Crippen LogP contribution is -2.07. The van der Waals surface area contributed by atoms with E-state index in [1.165, 1.54) is 11.1 Å². The average Bonchev–Trinajstić information content (AvgIpc) is 2.78. The zero-order valence-electron chi connectivity index (χ0n) is 17.5. The van der Waals surface area contributed by atoms with Crippen LogP contribution in [0.4, 0.5) is 0 Å². The Morgan fingerprint density at radius 3 is 1.47 bits per heavy atom. The van der Waals surface area contributed by atoms with E-state index in [0.717, 1.165) is 23.1 Å². The molecule has 0 saturated heterocycles. The average molecular weight is 395 g/mol. The Labute approximate surface area is 178 Å². The van der Waals surface area contributed by atoms with E-state index in [-0.39, 0.29) is 0 Å². The Morgan fingerprint density at radius 2 is 1.10 bits per heavy atom. The maximum absolute atomic E-state index is 11.5. The molecule has 2 nitrogen and oxygen atoms in total. The first-order valence-corrected chi connectivity index (χ1v) is 10.1. The Bertz CT molecular complexity index is 1050. The van der Waals surface area contributed by atoms with Gasteiger partial charge in [0, 0.05) is 5.57 Å². The zero-order valence-corrected chi connectivity index (χ0v) is 17.5. The van der Waals surface area contributed by atoms with Gasteiger partial charge in [0.05, 0.1) is 0 Å². The summed E-state index contributed by atoms with van der Waals surface area (Å²) in [6.07, 6.45) is 9.41. The predicted molar refractivity (Wildman–Crippen MR) is 127 cm³/mol. The maximum Gasteiger partial charge on any atom is 0.338 e. The first-order valence-electron chi connectivity index (χ1n) is 10.1. The van der Waals surface area contributed by atoms with Crippen LogP contribution in [0.15, 0.2) is 84.9 Å². The minimum Gasteiger partial charge on any atom is -0.423 e. The molecule has 0 aliphatic heterocycles. The number of hydrogen-bond donors (Lipinski definition) is 0. The van der Waals surface area contributed by atoms with Crippen molar-refractivity contribution in [2.75, 3.05) is 0 Å². The summed E-state index contributed by atoms with van der Waals surface area (Å²) in [6.45, 7) is 7.37. The number of benzene rings is 3. The Morgan fingerprint density at radius 1 is 0.733 bits per heavy atom. The molecule has 0 radical (unpaired) electrons. The highest BCUT2D eigenvalue weighted by Gasteiger charge is 2.04. The molecule has 2 heteroatoms. The van der Waals surface area contributed by atoms with Crippen molar-refractivity contribution in [3.05, 3.63) is 113 Å². The van der Waals surface area contributed by atoms with Crippen LogP contribution in [0.2, 0.25) is 0 Å². The highest BCUT2D eigenvalue weighted by Crippen LogP contribution is 2.17. The van der Waals surface area contributed by atoms with Crippen LogP contribution in [-0.2, 0) is 11.2 Å². The summed E-state index contributed by atoms with van der Waals surface area (Å²) in [5, 5.41) is 0. The molecule has 0 bridgehead atoms. The summed E-state index contributed by atoms with van der Waals surface area (Å²) < 4.78 is 5.20. The lowest BCUT2D eigenvalue weighted by Gasteiger charge is -2.03. The minimum atomic E-state index is -0.412. The molecule has 0 spiro atoms. The van der Waals surface area contributed by atoms with Crippen LogP contribution in [0.5, 0.6) is 5.75 Å². The van der Waals surface area contributed by atoms with Crippen molar-refractivity contribution in [3.63, 3.8) is 0 Å². The van der Waals surface area contributed by atoms with Gasteiger partial charge in [0.2, 0.25) is 0 Å². The molecule has 0 saturated carbocycles. The molecule has 3 rings (SSSR count). The second-order valence-electron chi connectivity index (χ2n) is 7.17. The molecule has 0 N–H and O–H groups in total. The molecular formula is C28H26O2. The molecule has 3 aromatic carbocycles. The highest BCUT2D eigenvalue weighted by atomic mass is 16.5. The standard InChI is InChI=1S/C28H26O2/c1-4-22-5-7-23(8-6-22)9-10-24-11-13-25(14-12-24)15-16-26-17-19-27(20-18-26)30-28(29)21(2)3/h5-20H,2,4H2,1,3H3/b10-9+,16-15+. The molecule has 150 valence electrons. The Kier molecular flexibility index (Phi) is 7.18. The number of aryl methyl sites for hydroxylation is 1. The number of esters is 1. The fraction of sp³-hybridized carbons (Fsp3) is 0.107. The van der Waals surface area contributed by atoms with Crippen LogP contribution in [0.3, 0.4) is 0 Å². The van der Waals surface area contributed by atoms with Crippen LogP contribution < -0.4 is 4.74 Å². The number of carbonyl (C=O) groups is 1. The van der Waals surface area contributed by atoms with Gasteiger partial charge in [-0.15, -0.1) is 0 Å². The van der Waals surface area contributed by atoms with E-state index in [0.29, 0.717) is 11.3 Å². The topological polar surface area (TPSA) is 26.3 Å². The molecule has 0 heterocycles. The number of rotatable bonds is 7. The number of ether oxygens (including phenoxy) is 1. The summed E-state index contributed by atoms with van der Waals surface area (Å²) in [6, 6.07) is 24.4. The van der Waals surface area contributed by atoms with Crippen molar-refractivity contribution in [3.8, 4) is 5.75 Å². The third kappa shape index (κ3) is 6.18. The fourth-order valence-corrected chi connectivity index (χ4v) is 2.81. The van der Waals surface area contributed by atoms with Gasteiger partial charge in [0.15, 0.2) is 0 Å². The van der Waals surface area contributed by atoms with E-state index in [9.17, 15) is 4.79 Å². The van der Waals surface area contributed by atoms with E-state index in [4.69, 9.17) is 4.74 Å². The SMILES string of the molecule is C=C(C)C(=O)Oc1ccc(/C=C/c2ccc(/C=C/c3ccc(CC)cc3)cc2)cc1. The van der Waals surface area contributed by atoms with Gasteiger partial charge in [-0.1, -0.05) is 98.5 Å². The molecule has 0 aliphatic rings. The zero-order chi connectivity index (χ0) is 21.3. The molecule has 0 atom stereocenters. The smallest absolute Gasteiger partial charge is 0.338 e. The fourth-order valence-electron chi connectivity index (χ4n) is 2.81. The van der Waals surface area contributed by atoms with Crippen molar-refractivity contribution < 1.29 is 9.53 Å². The van der Waals surface area contributed by atoms with Crippen molar-refractivity contribution in [2.45, 2.75) is 20.3 Å². The number of hydrogen-bond acceptors (Lipinski definition) is 2. The van der Waals surface area contributed by atoms with Crippen LogP contribution in [0.1, 0.15) is 41.7 Å². The van der Waals surface area contributed by atoms with E-state index in [2.05, 4.69) is 80.3 Å². The van der Waals surface area contributed by atoms with Gasteiger partial charge in [-0.3, -0.25) is 0 Å². The van der Waals surface area contributed by atoms with Gasteiger partial charge in [0.25, 0.3) is 0 Å². The molecule has 0 aromatic heterocycles. The summed E-state index contributed by atoms with van der Waals surface area (Å²) in [7, 11) is 0. The normalized spacial score (nSPS) is 11.1. The molecule has 0 aliphatic carbocycles. The van der Waals surface area contributed by atoms with Gasteiger partial charge in [-0.2, -0.15) is 0 Å². The van der Waals surface area contributed by atoms with Gasteiger partial charge in [-0.05, 0) is 53.3 Å². The molecular weight excluding hydrogens is 368 g/mol. The van der Waals surface area contributed by atoms with Gasteiger partial charge in [-0.25, -0.2) is 4.79 Å². The monoisotopic (exact) mass is 394 g/mol. The van der Waals surface area contributed by atoms with Crippen LogP contribution >= 0.6 is 0 Å². The second kappa shape index (κ2) is 10.2. The van der Waals surface area contributed by atoms with Gasteiger partial charge in [0.1, 0.15) is 5.75 Å². The first-order chi connectivity index (χ1) is 14.5. The molecule has 30 heavy (non-hydrogen) atoms. The van der Waals surface area contributed by atoms with Crippen molar-refractivity contribution in [2.24, 2.45) is 0 Å². The van der Waals surface area contributed by atoms with Crippen molar-refractivity contribution in [1.82, 2.24) is 0 Å².